The topological polar surface area (TPSA) is 65.1 Å². The van der Waals surface area contributed by atoms with Crippen LogP contribution in [0.4, 0.5) is 4.39 Å². The van der Waals surface area contributed by atoms with Crippen LogP contribution in [0.2, 0.25) is 0 Å². The van der Waals surface area contributed by atoms with E-state index in [0.717, 1.165) is 17.7 Å². The molecule has 6 heteroatoms. The van der Waals surface area contributed by atoms with Crippen LogP contribution in [0.25, 0.3) is 0 Å². The Morgan fingerprint density at radius 1 is 1.50 bits per heavy atom. The van der Waals surface area contributed by atoms with Gasteiger partial charge in [-0.1, -0.05) is 6.07 Å². The molecule has 1 aromatic carbocycles. The molecule has 0 aliphatic rings. The number of hydrogen-bond acceptors (Lipinski definition) is 4. The highest BCUT2D eigenvalue weighted by molar-refractivity contribution is 5.33. The third-order valence-corrected chi connectivity index (χ3v) is 3.23. The molecule has 5 nitrogen and oxygen atoms in total. The van der Waals surface area contributed by atoms with Crippen molar-refractivity contribution >= 4 is 0 Å². The summed E-state index contributed by atoms with van der Waals surface area (Å²) in [6.07, 6.45) is 4.46. The van der Waals surface area contributed by atoms with Gasteiger partial charge in [-0.3, -0.25) is 16.0 Å². The lowest BCUT2D eigenvalue weighted by molar-refractivity contribution is 0.384. The standard InChI is InChI=1S/C14H19FN4O/c1-3-19-9-10(8-17-19)6-13(18-16)11-4-5-12(15)14(7-11)20-2/h4-5,7-9,13,18H,3,6,16H2,1-2H3. The Bertz CT molecular complexity index is 570. The van der Waals surface area contributed by atoms with Crippen LogP contribution in [0.1, 0.15) is 24.1 Å². The van der Waals surface area contributed by atoms with Crippen molar-refractivity contribution in [3.05, 3.63) is 47.5 Å². The highest BCUT2D eigenvalue weighted by Crippen LogP contribution is 2.24. The van der Waals surface area contributed by atoms with Crippen molar-refractivity contribution in [1.29, 1.82) is 0 Å². The molecule has 0 spiro atoms. The summed E-state index contributed by atoms with van der Waals surface area (Å²) in [6, 6.07) is 4.61. The molecular weight excluding hydrogens is 259 g/mol. The van der Waals surface area contributed by atoms with Gasteiger partial charge in [0.25, 0.3) is 0 Å². The van der Waals surface area contributed by atoms with E-state index in [1.54, 1.807) is 12.1 Å². The van der Waals surface area contributed by atoms with Gasteiger partial charge in [0, 0.05) is 12.7 Å². The molecule has 2 aromatic rings. The summed E-state index contributed by atoms with van der Waals surface area (Å²) in [6.45, 7) is 2.85. The second-order valence-corrected chi connectivity index (χ2v) is 4.52. The van der Waals surface area contributed by atoms with Gasteiger partial charge in [0.15, 0.2) is 11.6 Å². The third kappa shape index (κ3) is 3.15. The molecular formula is C14H19FN4O. The predicted octanol–water partition coefficient (Wildman–Crippen LogP) is 1.80. The number of rotatable bonds is 6. The van der Waals surface area contributed by atoms with Crippen LogP contribution in [0, 0.1) is 5.82 Å². The van der Waals surface area contributed by atoms with Crippen LogP contribution in [0.5, 0.6) is 5.75 Å². The molecule has 0 radical (unpaired) electrons. The average Bonchev–Trinajstić information content (AvgIpc) is 2.93. The monoisotopic (exact) mass is 278 g/mol. The molecule has 0 amide bonds. The first kappa shape index (κ1) is 14.5. The number of halogens is 1. The molecule has 1 aromatic heterocycles. The number of aromatic nitrogens is 2. The van der Waals surface area contributed by atoms with Gasteiger partial charge in [-0.25, -0.2) is 4.39 Å². The summed E-state index contributed by atoms with van der Waals surface area (Å²) in [5.41, 5.74) is 4.69. The molecule has 0 saturated heterocycles. The summed E-state index contributed by atoms with van der Waals surface area (Å²) in [5.74, 6) is 5.44. The molecule has 2 rings (SSSR count). The molecule has 3 N–H and O–H groups in total. The fraction of sp³-hybridized carbons (Fsp3) is 0.357. The molecule has 1 heterocycles. The van der Waals surface area contributed by atoms with Gasteiger partial charge in [-0.15, -0.1) is 0 Å². The maximum atomic E-state index is 13.4. The second-order valence-electron chi connectivity index (χ2n) is 4.52. The lowest BCUT2D eigenvalue weighted by Crippen LogP contribution is -2.29. The summed E-state index contributed by atoms with van der Waals surface area (Å²) in [7, 11) is 1.44. The van der Waals surface area contributed by atoms with E-state index in [0.29, 0.717) is 6.42 Å². The Hall–Kier alpha value is -1.92. The summed E-state index contributed by atoms with van der Waals surface area (Å²) >= 11 is 0. The Morgan fingerprint density at radius 3 is 2.90 bits per heavy atom. The lowest BCUT2D eigenvalue weighted by Gasteiger charge is -2.16. The first-order chi connectivity index (χ1) is 9.67. The molecule has 0 saturated carbocycles. The highest BCUT2D eigenvalue weighted by Gasteiger charge is 2.14. The zero-order valence-electron chi connectivity index (χ0n) is 11.6. The van der Waals surface area contributed by atoms with Gasteiger partial charge in [-0.05, 0) is 36.6 Å². The highest BCUT2D eigenvalue weighted by atomic mass is 19.1. The fourth-order valence-corrected chi connectivity index (χ4v) is 2.09. The van der Waals surface area contributed by atoms with Gasteiger partial charge in [0.1, 0.15) is 0 Å². The van der Waals surface area contributed by atoms with Gasteiger partial charge in [0.05, 0.1) is 19.3 Å². The number of hydrogen-bond donors (Lipinski definition) is 2. The van der Waals surface area contributed by atoms with Crippen LogP contribution < -0.4 is 16.0 Å². The van der Waals surface area contributed by atoms with E-state index in [4.69, 9.17) is 10.6 Å². The van der Waals surface area contributed by atoms with Crippen molar-refractivity contribution in [1.82, 2.24) is 15.2 Å². The van der Waals surface area contributed by atoms with E-state index in [2.05, 4.69) is 10.5 Å². The summed E-state index contributed by atoms with van der Waals surface area (Å²) in [5, 5.41) is 4.23. The van der Waals surface area contributed by atoms with E-state index < -0.39 is 0 Å². The van der Waals surface area contributed by atoms with Crippen LogP contribution in [-0.4, -0.2) is 16.9 Å². The van der Waals surface area contributed by atoms with Crippen LogP contribution >= 0.6 is 0 Å². The Balaban J connectivity index is 2.19. The van der Waals surface area contributed by atoms with Crippen molar-refractivity contribution in [3.8, 4) is 5.75 Å². The number of nitrogens with zero attached hydrogens (tertiary/aromatic N) is 2. The minimum Gasteiger partial charge on any atom is -0.494 e. The van der Waals surface area contributed by atoms with Crippen molar-refractivity contribution in [3.63, 3.8) is 0 Å². The van der Waals surface area contributed by atoms with Gasteiger partial charge in [0.2, 0.25) is 0 Å². The predicted molar refractivity (Wildman–Crippen MR) is 74.6 cm³/mol. The van der Waals surface area contributed by atoms with Gasteiger partial charge < -0.3 is 4.74 Å². The number of nitrogens with one attached hydrogen (secondary N) is 1. The molecule has 0 bridgehead atoms. The minimum atomic E-state index is -0.383. The Labute approximate surface area is 117 Å². The van der Waals surface area contributed by atoms with E-state index in [9.17, 15) is 4.39 Å². The molecule has 108 valence electrons. The van der Waals surface area contributed by atoms with Crippen LogP contribution in [-0.2, 0) is 13.0 Å². The average molecular weight is 278 g/mol. The molecule has 0 aliphatic carbocycles. The quantitative estimate of drug-likeness (QED) is 0.624. The van der Waals surface area contributed by atoms with Gasteiger partial charge >= 0.3 is 0 Å². The number of hydrazine groups is 1. The summed E-state index contributed by atoms with van der Waals surface area (Å²) in [4.78, 5) is 0. The van der Waals surface area contributed by atoms with Crippen molar-refractivity contribution in [2.24, 2.45) is 5.84 Å². The van der Waals surface area contributed by atoms with E-state index >= 15 is 0 Å². The first-order valence-corrected chi connectivity index (χ1v) is 6.48. The number of methoxy groups -OCH3 is 1. The largest absolute Gasteiger partial charge is 0.494 e. The smallest absolute Gasteiger partial charge is 0.165 e. The van der Waals surface area contributed by atoms with E-state index in [1.807, 2.05) is 24.0 Å². The SMILES string of the molecule is CCn1cc(CC(NN)c2ccc(F)c(OC)c2)cn1. The van der Waals surface area contributed by atoms with Crippen LogP contribution in [0.15, 0.2) is 30.6 Å². The summed E-state index contributed by atoms with van der Waals surface area (Å²) < 4.78 is 20.3. The third-order valence-electron chi connectivity index (χ3n) is 3.23. The molecule has 1 unspecified atom stereocenters. The van der Waals surface area contributed by atoms with Crippen molar-refractivity contribution in [2.45, 2.75) is 25.9 Å². The van der Waals surface area contributed by atoms with Crippen molar-refractivity contribution < 1.29 is 9.13 Å². The Morgan fingerprint density at radius 2 is 2.30 bits per heavy atom. The second kappa shape index (κ2) is 6.49. The van der Waals surface area contributed by atoms with Gasteiger partial charge in [-0.2, -0.15) is 5.10 Å². The normalized spacial score (nSPS) is 12.4. The van der Waals surface area contributed by atoms with Crippen molar-refractivity contribution in [2.75, 3.05) is 7.11 Å². The maximum absolute atomic E-state index is 13.4. The maximum Gasteiger partial charge on any atom is 0.165 e. The molecule has 0 fully saturated rings. The van der Waals surface area contributed by atoms with E-state index in [-0.39, 0.29) is 17.6 Å². The molecule has 0 aliphatic heterocycles. The zero-order chi connectivity index (χ0) is 14.5. The Kier molecular flexibility index (Phi) is 4.70. The van der Waals surface area contributed by atoms with Crippen LogP contribution in [0.3, 0.4) is 0 Å². The van der Waals surface area contributed by atoms with E-state index in [1.165, 1.54) is 13.2 Å². The number of ether oxygens (including phenoxy) is 1. The number of nitrogens with two attached hydrogens (primary N) is 1. The lowest BCUT2D eigenvalue weighted by atomic mass is 10.0. The minimum absolute atomic E-state index is 0.126. The molecule has 1 atom stereocenters. The number of aryl methyl sites for hydroxylation is 1. The zero-order valence-corrected chi connectivity index (χ0v) is 11.6. The first-order valence-electron chi connectivity index (χ1n) is 6.48. The fourth-order valence-electron chi connectivity index (χ4n) is 2.09. The number of benzene rings is 1. The molecule has 20 heavy (non-hydrogen) atoms.